The molecule has 0 aromatic rings. The summed E-state index contributed by atoms with van der Waals surface area (Å²) in [5.41, 5.74) is 0. The molecule has 0 amide bonds. The van der Waals surface area contributed by atoms with Gasteiger partial charge in [0.1, 0.15) is 11.7 Å². The molecule has 0 aromatic carbocycles. The van der Waals surface area contributed by atoms with Crippen LogP contribution in [0, 0.1) is 11.8 Å². The van der Waals surface area contributed by atoms with Crippen LogP contribution in [0.15, 0.2) is 11.7 Å². The number of hydrogen-bond donors (Lipinski definition) is 0. The standard InChI is InChI=1S/C9H16F2/c1-6(2)5-7(3)9(11)8(4)10/h6-7H,5H2,1-4H3/b9-8+/t7-/m1/s1. The van der Waals surface area contributed by atoms with Crippen LogP contribution in [0.1, 0.15) is 34.1 Å². The summed E-state index contributed by atoms with van der Waals surface area (Å²) in [4.78, 5) is 0. The average molecular weight is 162 g/mol. The van der Waals surface area contributed by atoms with Gasteiger partial charge in [-0.3, -0.25) is 0 Å². The molecule has 0 aromatic heterocycles. The van der Waals surface area contributed by atoms with Gasteiger partial charge in [0.2, 0.25) is 0 Å². The van der Waals surface area contributed by atoms with Crippen molar-refractivity contribution in [3.63, 3.8) is 0 Å². The molecule has 66 valence electrons. The predicted molar refractivity (Wildman–Crippen MR) is 43.5 cm³/mol. The Morgan fingerprint density at radius 2 is 1.64 bits per heavy atom. The molecule has 0 aliphatic heterocycles. The molecule has 0 heterocycles. The van der Waals surface area contributed by atoms with Crippen molar-refractivity contribution >= 4 is 0 Å². The fourth-order valence-corrected chi connectivity index (χ4v) is 1.15. The Morgan fingerprint density at radius 1 is 1.18 bits per heavy atom. The third-order valence-electron chi connectivity index (χ3n) is 1.59. The Hall–Kier alpha value is -0.400. The Morgan fingerprint density at radius 3 is 1.91 bits per heavy atom. The first-order chi connectivity index (χ1) is 4.95. The molecule has 0 nitrogen and oxygen atoms in total. The largest absolute Gasteiger partial charge is 0.209 e. The molecule has 1 atom stereocenters. The van der Waals surface area contributed by atoms with Gasteiger partial charge >= 0.3 is 0 Å². The van der Waals surface area contributed by atoms with Gasteiger partial charge < -0.3 is 0 Å². The zero-order valence-electron chi connectivity index (χ0n) is 7.62. The summed E-state index contributed by atoms with van der Waals surface area (Å²) >= 11 is 0. The minimum atomic E-state index is -0.682. The van der Waals surface area contributed by atoms with Crippen LogP contribution in [0.5, 0.6) is 0 Å². The molecule has 2 heteroatoms. The highest BCUT2D eigenvalue weighted by molar-refractivity contribution is 5.00. The zero-order valence-corrected chi connectivity index (χ0v) is 7.62. The summed E-state index contributed by atoms with van der Waals surface area (Å²) in [6.45, 7) is 6.86. The molecule has 0 aliphatic rings. The Kier molecular flexibility index (Phi) is 4.31. The minimum absolute atomic E-state index is 0.278. The number of hydrogen-bond acceptors (Lipinski definition) is 0. The van der Waals surface area contributed by atoms with E-state index in [4.69, 9.17) is 0 Å². The molecular weight excluding hydrogens is 146 g/mol. The minimum Gasteiger partial charge on any atom is -0.209 e. The normalized spacial score (nSPS) is 16.6. The highest BCUT2D eigenvalue weighted by Gasteiger charge is 2.12. The number of allylic oxidation sites excluding steroid dienone is 2. The van der Waals surface area contributed by atoms with Crippen molar-refractivity contribution < 1.29 is 8.78 Å². The Balaban J connectivity index is 4.04. The number of halogens is 2. The van der Waals surface area contributed by atoms with Gasteiger partial charge in [-0.1, -0.05) is 20.8 Å². The predicted octanol–water partition coefficient (Wildman–Crippen LogP) is 3.84. The zero-order chi connectivity index (χ0) is 9.02. The van der Waals surface area contributed by atoms with Gasteiger partial charge in [-0.15, -0.1) is 0 Å². The molecule has 0 spiro atoms. The van der Waals surface area contributed by atoms with Crippen molar-refractivity contribution in [2.24, 2.45) is 11.8 Å². The van der Waals surface area contributed by atoms with Crippen molar-refractivity contribution in [3.05, 3.63) is 11.7 Å². The second kappa shape index (κ2) is 4.47. The molecule has 0 N–H and O–H groups in total. The van der Waals surface area contributed by atoms with Crippen LogP contribution in [0.4, 0.5) is 8.78 Å². The van der Waals surface area contributed by atoms with Crippen molar-refractivity contribution in [2.75, 3.05) is 0 Å². The third kappa shape index (κ3) is 4.12. The third-order valence-corrected chi connectivity index (χ3v) is 1.59. The maximum atomic E-state index is 12.8. The van der Waals surface area contributed by atoms with Crippen LogP contribution < -0.4 is 0 Å². The molecule has 11 heavy (non-hydrogen) atoms. The molecular formula is C9H16F2. The molecule has 0 saturated carbocycles. The molecule has 0 radical (unpaired) electrons. The maximum absolute atomic E-state index is 12.8. The van der Waals surface area contributed by atoms with Crippen LogP contribution in [0.2, 0.25) is 0 Å². The van der Waals surface area contributed by atoms with Crippen LogP contribution >= 0.6 is 0 Å². The lowest BCUT2D eigenvalue weighted by Crippen LogP contribution is -2.01. The first-order valence-corrected chi connectivity index (χ1v) is 3.97. The van der Waals surface area contributed by atoms with Gasteiger partial charge in [-0.2, -0.15) is 0 Å². The maximum Gasteiger partial charge on any atom is 0.134 e. The van der Waals surface area contributed by atoms with E-state index in [1.54, 1.807) is 6.92 Å². The van der Waals surface area contributed by atoms with Crippen molar-refractivity contribution in [3.8, 4) is 0 Å². The fraction of sp³-hybridized carbons (Fsp3) is 0.778. The second-order valence-electron chi connectivity index (χ2n) is 3.41. The highest BCUT2D eigenvalue weighted by Crippen LogP contribution is 2.23. The van der Waals surface area contributed by atoms with E-state index in [0.29, 0.717) is 12.3 Å². The Bertz CT molecular complexity index is 144. The summed E-state index contributed by atoms with van der Waals surface area (Å²) in [5.74, 6) is -1.15. The monoisotopic (exact) mass is 162 g/mol. The van der Waals surface area contributed by atoms with Gasteiger partial charge in [0, 0.05) is 5.92 Å². The topological polar surface area (TPSA) is 0 Å². The van der Waals surface area contributed by atoms with E-state index in [1.165, 1.54) is 0 Å². The first kappa shape index (κ1) is 10.6. The van der Waals surface area contributed by atoms with Crippen LogP contribution in [-0.2, 0) is 0 Å². The lowest BCUT2D eigenvalue weighted by atomic mass is 9.97. The quantitative estimate of drug-likeness (QED) is 0.591. The van der Waals surface area contributed by atoms with E-state index in [-0.39, 0.29) is 5.92 Å². The second-order valence-corrected chi connectivity index (χ2v) is 3.41. The van der Waals surface area contributed by atoms with E-state index < -0.39 is 11.7 Å². The first-order valence-electron chi connectivity index (χ1n) is 3.97. The molecule has 0 bridgehead atoms. The molecule has 0 unspecified atom stereocenters. The molecule has 0 saturated heterocycles. The summed E-state index contributed by atoms with van der Waals surface area (Å²) in [5, 5.41) is 0. The van der Waals surface area contributed by atoms with Crippen LogP contribution in [-0.4, -0.2) is 0 Å². The number of rotatable bonds is 3. The highest BCUT2D eigenvalue weighted by atomic mass is 19.2. The molecule has 0 aliphatic carbocycles. The van der Waals surface area contributed by atoms with Gasteiger partial charge in [0.25, 0.3) is 0 Å². The van der Waals surface area contributed by atoms with E-state index in [2.05, 4.69) is 0 Å². The molecule has 0 rings (SSSR count). The Labute approximate surface area is 67.3 Å². The van der Waals surface area contributed by atoms with E-state index in [1.807, 2.05) is 13.8 Å². The summed E-state index contributed by atoms with van der Waals surface area (Å²) in [7, 11) is 0. The van der Waals surface area contributed by atoms with Gasteiger partial charge in [0.15, 0.2) is 0 Å². The van der Waals surface area contributed by atoms with Gasteiger partial charge in [-0.05, 0) is 19.3 Å². The average Bonchev–Trinajstić information content (AvgIpc) is 1.84. The van der Waals surface area contributed by atoms with Gasteiger partial charge in [-0.25, -0.2) is 8.78 Å². The van der Waals surface area contributed by atoms with Crippen molar-refractivity contribution in [2.45, 2.75) is 34.1 Å². The summed E-state index contributed by atoms with van der Waals surface area (Å²) < 4.78 is 25.1. The fourth-order valence-electron chi connectivity index (χ4n) is 1.15. The van der Waals surface area contributed by atoms with E-state index in [9.17, 15) is 8.78 Å². The lowest BCUT2D eigenvalue weighted by molar-refractivity contribution is 0.388. The SMILES string of the molecule is C/C(F)=C(\F)[C@H](C)CC(C)C. The van der Waals surface area contributed by atoms with Crippen LogP contribution in [0.3, 0.4) is 0 Å². The van der Waals surface area contributed by atoms with Gasteiger partial charge in [0.05, 0.1) is 0 Å². The smallest absolute Gasteiger partial charge is 0.134 e. The molecule has 0 fully saturated rings. The van der Waals surface area contributed by atoms with E-state index >= 15 is 0 Å². The summed E-state index contributed by atoms with van der Waals surface area (Å²) in [6.07, 6.45) is 0.701. The lowest BCUT2D eigenvalue weighted by Gasteiger charge is -2.11. The summed E-state index contributed by atoms with van der Waals surface area (Å²) in [6, 6.07) is 0. The van der Waals surface area contributed by atoms with E-state index in [0.717, 1.165) is 6.92 Å². The van der Waals surface area contributed by atoms with Crippen molar-refractivity contribution in [1.82, 2.24) is 0 Å². The van der Waals surface area contributed by atoms with Crippen molar-refractivity contribution in [1.29, 1.82) is 0 Å². The van der Waals surface area contributed by atoms with Crippen LogP contribution in [0.25, 0.3) is 0 Å².